The molecule has 1 aliphatic rings. The summed E-state index contributed by atoms with van der Waals surface area (Å²) >= 11 is 5.65. The smallest absolute Gasteiger partial charge is 0.173 e. The molecule has 0 saturated heterocycles. The second-order valence-electron chi connectivity index (χ2n) is 5.96. The quantitative estimate of drug-likeness (QED) is 0.634. The highest BCUT2D eigenvalue weighted by Crippen LogP contribution is 2.24. The molecular formula is C18H26N2S. The molecule has 1 aliphatic carbocycles. The van der Waals surface area contributed by atoms with Gasteiger partial charge >= 0.3 is 0 Å². The van der Waals surface area contributed by atoms with Crippen molar-refractivity contribution in [2.75, 3.05) is 11.9 Å². The van der Waals surface area contributed by atoms with Crippen molar-refractivity contribution in [2.24, 2.45) is 0 Å². The normalized spacial score (nSPS) is 15.5. The van der Waals surface area contributed by atoms with Crippen LogP contribution < -0.4 is 5.32 Å². The van der Waals surface area contributed by atoms with E-state index in [1.54, 1.807) is 0 Å². The topological polar surface area (TPSA) is 15.3 Å². The first-order valence-corrected chi connectivity index (χ1v) is 8.28. The van der Waals surface area contributed by atoms with E-state index in [0.717, 1.165) is 17.3 Å². The molecule has 0 bridgehead atoms. The number of hydrogen-bond donors (Lipinski definition) is 1. The Kier molecular flexibility index (Phi) is 5.80. The van der Waals surface area contributed by atoms with Gasteiger partial charge in [-0.2, -0.15) is 0 Å². The number of rotatable bonds is 4. The third-order valence-corrected chi connectivity index (χ3v) is 4.70. The summed E-state index contributed by atoms with van der Waals surface area (Å²) in [5.41, 5.74) is 3.67. The van der Waals surface area contributed by atoms with E-state index in [0.29, 0.717) is 6.04 Å². The Morgan fingerprint density at radius 3 is 2.62 bits per heavy atom. The van der Waals surface area contributed by atoms with Gasteiger partial charge in [0, 0.05) is 18.3 Å². The van der Waals surface area contributed by atoms with E-state index >= 15 is 0 Å². The zero-order valence-electron chi connectivity index (χ0n) is 13.2. The van der Waals surface area contributed by atoms with Gasteiger partial charge in [-0.25, -0.2) is 0 Å². The Labute approximate surface area is 134 Å². The van der Waals surface area contributed by atoms with E-state index in [-0.39, 0.29) is 0 Å². The van der Waals surface area contributed by atoms with Gasteiger partial charge in [0.2, 0.25) is 0 Å². The summed E-state index contributed by atoms with van der Waals surface area (Å²) in [7, 11) is 0. The number of anilines is 1. The molecule has 2 nitrogen and oxygen atoms in total. The molecule has 0 heterocycles. The Balaban J connectivity index is 2.06. The molecule has 1 fully saturated rings. The Hall–Kier alpha value is -1.35. The fraction of sp³-hybridized carbons (Fsp3) is 0.500. The first-order valence-electron chi connectivity index (χ1n) is 7.87. The number of hydrogen-bond acceptors (Lipinski definition) is 1. The van der Waals surface area contributed by atoms with Gasteiger partial charge in [0.05, 0.1) is 0 Å². The maximum absolute atomic E-state index is 5.65. The number of thiocarbonyl (C=S) groups is 1. The van der Waals surface area contributed by atoms with E-state index in [9.17, 15) is 0 Å². The molecule has 114 valence electrons. The van der Waals surface area contributed by atoms with Gasteiger partial charge in [-0.3, -0.25) is 0 Å². The summed E-state index contributed by atoms with van der Waals surface area (Å²) in [6.07, 6.45) is 8.40. The highest BCUT2D eigenvalue weighted by Gasteiger charge is 2.22. The molecule has 1 aromatic carbocycles. The summed E-state index contributed by atoms with van der Waals surface area (Å²) < 4.78 is 0. The summed E-state index contributed by atoms with van der Waals surface area (Å²) in [6, 6.07) is 6.96. The molecule has 1 aromatic rings. The molecule has 0 aromatic heterocycles. The molecule has 0 atom stereocenters. The summed E-state index contributed by atoms with van der Waals surface area (Å²) in [5, 5.41) is 4.23. The van der Waals surface area contributed by atoms with Crippen LogP contribution in [-0.2, 0) is 0 Å². The summed E-state index contributed by atoms with van der Waals surface area (Å²) in [6.45, 7) is 8.96. The van der Waals surface area contributed by atoms with Crippen molar-refractivity contribution in [1.29, 1.82) is 0 Å². The van der Waals surface area contributed by atoms with Gasteiger partial charge in [0.25, 0.3) is 0 Å². The zero-order chi connectivity index (χ0) is 15.2. The Bertz CT molecular complexity index is 504. The van der Waals surface area contributed by atoms with Gasteiger partial charge in [-0.15, -0.1) is 6.58 Å². The van der Waals surface area contributed by atoms with E-state index in [1.165, 1.54) is 43.2 Å². The molecule has 1 N–H and O–H groups in total. The van der Waals surface area contributed by atoms with Crippen LogP contribution in [0.5, 0.6) is 0 Å². The third-order valence-electron chi connectivity index (χ3n) is 4.36. The monoisotopic (exact) mass is 302 g/mol. The highest BCUT2D eigenvalue weighted by molar-refractivity contribution is 7.80. The molecule has 2 rings (SSSR count). The van der Waals surface area contributed by atoms with Crippen molar-refractivity contribution in [3.05, 3.63) is 42.0 Å². The average Bonchev–Trinajstić information content (AvgIpc) is 2.49. The third kappa shape index (κ3) is 4.31. The average molecular weight is 302 g/mol. The largest absolute Gasteiger partial charge is 0.342 e. The lowest BCUT2D eigenvalue weighted by Crippen LogP contribution is -2.43. The van der Waals surface area contributed by atoms with E-state index < -0.39 is 0 Å². The number of benzene rings is 1. The molecule has 0 aliphatic heterocycles. The highest BCUT2D eigenvalue weighted by atomic mass is 32.1. The van der Waals surface area contributed by atoms with Crippen LogP contribution in [0.1, 0.15) is 43.2 Å². The van der Waals surface area contributed by atoms with Crippen LogP contribution in [0.3, 0.4) is 0 Å². The van der Waals surface area contributed by atoms with Crippen LogP contribution in [0.25, 0.3) is 0 Å². The van der Waals surface area contributed by atoms with Crippen LogP contribution in [0.15, 0.2) is 30.9 Å². The van der Waals surface area contributed by atoms with Crippen molar-refractivity contribution >= 4 is 23.0 Å². The molecule has 0 spiro atoms. The van der Waals surface area contributed by atoms with Crippen molar-refractivity contribution < 1.29 is 0 Å². The van der Waals surface area contributed by atoms with Crippen LogP contribution in [0.2, 0.25) is 0 Å². The van der Waals surface area contributed by atoms with Crippen LogP contribution in [0, 0.1) is 13.8 Å². The second-order valence-corrected chi connectivity index (χ2v) is 6.35. The summed E-state index contributed by atoms with van der Waals surface area (Å²) in [5.74, 6) is 0. The minimum absolute atomic E-state index is 0.559. The van der Waals surface area contributed by atoms with Gasteiger partial charge in [-0.05, 0) is 62.2 Å². The van der Waals surface area contributed by atoms with Crippen molar-refractivity contribution in [3.63, 3.8) is 0 Å². The standard InChI is InChI=1S/C18H26N2S/c1-4-12-20(17-8-6-5-7-9-17)18(21)19-16-11-10-14(2)15(3)13-16/h4,10-11,13,17H,1,5-9,12H2,2-3H3,(H,19,21). The predicted molar refractivity (Wildman–Crippen MR) is 95.9 cm³/mol. The lowest BCUT2D eigenvalue weighted by Gasteiger charge is -2.35. The maximum Gasteiger partial charge on any atom is 0.173 e. The van der Waals surface area contributed by atoms with E-state index in [2.05, 4.69) is 48.8 Å². The summed E-state index contributed by atoms with van der Waals surface area (Å²) in [4.78, 5) is 2.30. The molecular weight excluding hydrogens is 276 g/mol. The van der Waals surface area contributed by atoms with Gasteiger partial charge < -0.3 is 10.2 Å². The Morgan fingerprint density at radius 2 is 2.00 bits per heavy atom. The minimum Gasteiger partial charge on any atom is -0.342 e. The van der Waals surface area contributed by atoms with Crippen molar-refractivity contribution in [3.8, 4) is 0 Å². The van der Waals surface area contributed by atoms with Gasteiger partial charge in [0.15, 0.2) is 5.11 Å². The molecule has 21 heavy (non-hydrogen) atoms. The minimum atomic E-state index is 0.559. The van der Waals surface area contributed by atoms with Gasteiger partial charge in [-0.1, -0.05) is 31.4 Å². The number of nitrogens with zero attached hydrogens (tertiary/aromatic N) is 1. The maximum atomic E-state index is 5.65. The van der Waals surface area contributed by atoms with Gasteiger partial charge in [0.1, 0.15) is 0 Å². The zero-order valence-corrected chi connectivity index (χ0v) is 14.0. The van der Waals surface area contributed by atoms with Crippen molar-refractivity contribution in [2.45, 2.75) is 52.0 Å². The molecule has 0 amide bonds. The van der Waals surface area contributed by atoms with E-state index in [4.69, 9.17) is 12.2 Å². The molecule has 1 saturated carbocycles. The molecule has 0 radical (unpaired) electrons. The van der Waals surface area contributed by atoms with Crippen LogP contribution >= 0.6 is 12.2 Å². The molecule has 3 heteroatoms. The Morgan fingerprint density at radius 1 is 1.29 bits per heavy atom. The second kappa shape index (κ2) is 7.60. The SMILES string of the molecule is C=CCN(C(=S)Nc1ccc(C)c(C)c1)C1CCCCC1. The fourth-order valence-corrected chi connectivity index (χ4v) is 3.29. The van der Waals surface area contributed by atoms with Crippen LogP contribution in [0.4, 0.5) is 5.69 Å². The van der Waals surface area contributed by atoms with E-state index in [1.807, 2.05) is 6.08 Å². The first-order chi connectivity index (χ1) is 10.1. The number of aryl methyl sites for hydroxylation is 2. The van der Waals surface area contributed by atoms with Crippen molar-refractivity contribution in [1.82, 2.24) is 4.90 Å². The van der Waals surface area contributed by atoms with Crippen LogP contribution in [-0.4, -0.2) is 22.6 Å². The molecule has 0 unspecified atom stereocenters. The predicted octanol–water partition coefficient (Wildman–Crippen LogP) is 4.82. The lowest BCUT2D eigenvalue weighted by atomic mass is 9.94. The number of nitrogens with one attached hydrogen (secondary N) is 1. The lowest BCUT2D eigenvalue weighted by molar-refractivity contribution is 0.263. The fourth-order valence-electron chi connectivity index (χ4n) is 2.94. The first kappa shape index (κ1) is 16.0.